The Morgan fingerprint density at radius 1 is 0.862 bits per heavy atom. The fraction of sp³-hybridized carbons (Fsp3) is 0.500. The quantitative estimate of drug-likeness (QED) is 0.224. The molecule has 9 nitrogen and oxygen atoms in total. The minimum Gasteiger partial charge on any atom is -0.466 e. The van der Waals surface area contributed by atoms with Crippen LogP contribution in [0, 0.1) is 5.92 Å². The van der Waals surface area contributed by atoms with Crippen LogP contribution in [0.5, 0.6) is 0 Å². The summed E-state index contributed by atoms with van der Waals surface area (Å²) in [5.74, 6) is -3.03. The fourth-order valence-electron chi connectivity index (χ4n) is 2.47. The zero-order chi connectivity index (χ0) is 21.6. The highest BCUT2D eigenvalue weighted by Crippen LogP contribution is 2.15. The van der Waals surface area contributed by atoms with E-state index in [1.807, 2.05) is 0 Å². The van der Waals surface area contributed by atoms with Gasteiger partial charge in [-0.3, -0.25) is 0 Å². The van der Waals surface area contributed by atoms with E-state index in [1.165, 1.54) is 19.8 Å². The second-order valence-electron chi connectivity index (χ2n) is 6.39. The molecule has 0 aromatic rings. The number of esters is 4. The van der Waals surface area contributed by atoms with Gasteiger partial charge in [0.2, 0.25) is 0 Å². The first-order valence-corrected chi connectivity index (χ1v) is 9.08. The molecule has 0 aromatic heterocycles. The molecule has 0 radical (unpaired) electrons. The molecule has 0 N–H and O–H groups in total. The predicted octanol–water partition coefficient (Wildman–Crippen LogP) is 0.799. The van der Waals surface area contributed by atoms with E-state index in [0.717, 1.165) is 50.2 Å². The van der Waals surface area contributed by atoms with E-state index in [1.54, 1.807) is 0 Å². The van der Waals surface area contributed by atoms with Crippen molar-refractivity contribution in [1.82, 2.24) is 4.90 Å². The van der Waals surface area contributed by atoms with Crippen molar-refractivity contribution < 1.29 is 38.1 Å². The normalized spacial score (nSPS) is 14.9. The summed E-state index contributed by atoms with van der Waals surface area (Å²) in [5, 5.41) is 0. The van der Waals surface area contributed by atoms with Gasteiger partial charge in [-0.1, -0.05) is 12.2 Å². The lowest BCUT2D eigenvalue weighted by Crippen LogP contribution is -2.38. The molecule has 0 aromatic carbocycles. The Labute approximate surface area is 169 Å². The molecule has 1 fully saturated rings. The Morgan fingerprint density at radius 2 is 1.28 bits per heavy atom. The van der Waals surface area contributed by atoms with Crippen molar-refractivity contribution in [3.63, 3.8) is 0 Å². The highest BCUT2D eigenvalue weighted by Gasteiger charge is 2.20. The minimum atomic E-state index is -0.704. The third-order valence-electron chi connectivity index (χ3n) is 4.12. The van der Waals surface area contributed by atoms with Gasteiger partial charge in [0, 0.05) is 49.9 Å². The Balaban J connectivity index is 2.59. The molecule has 1 saturated heterocycles. The van der Waals surface area contributed by atoms with Gasteiger partial charge < -0.3 is 23.8 Å². The molecular formula is C20H27NO8. The largest absolute Gasteiger partial charge is 0.466 e. The highest BCUT2D eigenvalue weighted by atomic mass is 16.5. The first kappa shape index (κ1) is 24.1. The number of hydrogen-bond acceptors (Lipinski definition) is 9. The minimum absolute atomic E-state index is 0.00418. The van der Waals surface area contributed by atoms with Crippen LogP contribution in [0.4, 0.5) is 0 Å². The zero-order valence-corrected chi connectivity index (χ0v) is 16.8. The van der Waals surface area contributed by atoms with Crippen LogP contribution in [0.1, 0.15) is 12.8 Å². The van der Waals surface area contributed by atoms with Crippen molar-refractivity contribution in [3.8, 4) is 0 Å². The summed E-state index contributed by atoms with van der Waals surface area (Å²) in [7, 11) is 2.40. The molecule has 1 aliphatic heterocycles. The van der Waals surface area contributed by atoms with Gasteiger partial charge in [-0.15, -0.1) is 0 Å². The van der Waals surface area contributed by atoms with Gasteiger partial charge in [0.1, 0.15) is 0 Å². The monoisotopic (exact) mass is 409 g/mol. The maximum Gasteiger partial charge on any atom is 0.331 e. The number of rotatable bonds is 10. The molecule has 1 aliphatic rings. The number of carbonyl (C=O) groups excluding carboxylic acids is 4. The second-order valence-corrected chi connectivity index (χ2v) is 6.39. The van der Waals surface area contributed by atoms with Crippen LogP contribution < -0.4 is 0 Å². The summed E-state index contributed by atoms with van der Waals surface area (Å²) in [4.78, 5) is 47.7. The van der Waals surface area contributed by atoms with Crippen molar-refractivity contribution in [2.75, 3.05) is 47.1 Å². The lowest BCUT2D eigenvalue weighted by molar-refractivity contribution is -0.144. The van der Waals surface area contributed by atoms with Crippen LogP contribution in [0.15, 0.2) is 36.5 Å². The maximum absolute atomic E-state index is 11.7. The third-order valence-corrected chi connectivity index (χ3v) is 4.12. The summed E-state index contributed by atoms with van der Waals surface area (Å²) < 4.78 is 19.1. The standard InChI is InChI=1S/C20H27NO8/c1-15-8-10-21(11-9-15)12-16(13-28-19(24)6-4-17(22)26-2)14-29-20(25)7-5-18(23)27-3/h4-7,16H,1,8-14H2,2-3H3/b6-4+,7-5+. The lowest BCUT2D eigenvalue weighted by atomic mass is 10.0. The molecule has 0 saturated carbocycles. The van der Waals surface area contributed by atoms with Crippen molar-refractivity contribution in [2.24, 2.45) is 5.92 Å². The first-order valence-electron chi connectivity index (χ1n) is 9.08. The van der Waals surface area contributed by atoms with E-state index >= 15 is 0 Å². The predicted molar refractivity (Wildman–Crippen MR) is 103 cm³/mol. The summed E-state index contributed by atoms with van der Waals surface area (Å²) in [6.07, 6.45) is 5.64. The molecule has 9 heteroatoms. The molecular weight excluding hydrogens is 382 g/mol. The van der Waals surface area contributed by atoms with Gasteiger partial charge in [0.25, 0.3) is 0 Å². The Morgan fingerprint density at radius 3 is 1.69 bits per heavy atom. The average Bonchev–Trinajstić information content (AvgIpc) is 2.73. The van der Waals surface area contributed by atoms with Crippen molar-refractivity contribution >= 4 is 23.9 Å². The highest BCUT2D eigenvalue weighted by molar-refractivity contribution is 5.92. The van der Waals surface area contributed by atoms with Crippen LogP contribution in [0.25, 0.3) is 0 Å². The number of hydrogen-bond donors (Lipinski definition) is 0. The SMILES string of the molecule is C=C1CCN(CC(COC(=O)/C=C/C(=O)OC)COC(=O)/C=C/C(=O)OC)CC1. The van der Waals surface area contributed by atoms with E-state index in [2.05, 4.69) is 21.0 Å². The maximum atomic E-state index is 11.7. The van der Waals surface area contributed by atoms with Gasteiger partial charge in [-0.05, 0) is 12.8 Å². The molecule has 0 aliphatic carbocycles. The van der Waals surface area contributed by atoms with Gasteiger partial charge in [-0.2, -0.15) is 0 Å². The van der Waals surface area contributed by atoms with Crippen molar-refractivity contribution in [3.05, 3.63) is 36.5 Å². The van der Waals surface area contributed by atoms with Gasteiger partial charge in [-0.25, -0.2) is 19.2 Å². The summed E-state index contributed by atoms with van der Waals surface area (Å²) in [5.41, 5.74) is 1.19. The molecule has 0 amide bonds. The summed E-state index contributed by atoms with van der Waals surface area (Å²) >= 11 is 0. The van der Waals surface area contributed by atoms with Crippen LogP contribution in [0.3, 0.4) is 0 Å². The fourth-order valence-corrected chi connectivity index (χ4v) is 2.47. The van der Waals surface area contributed by atoms with E-state index in [4.69, 9.17) is 9.47 Å². The van der Waals surface area contributed by atoms with Gasteiger partial charge >= 0.3 is 23.9 Å². The Kier molecular flexibility index (Phi) is 11.0. The number of piperidine rings is 1. The van der Waals surface area contributed by atoms with E-state index in [9.17, 15) is 19.2 Å². The number of ether oxygens (including phenoxy) is 4. The van der Waals surface area contributed by atoms with Crippen LogP contribution in [-0.2, 0) is 38.1 Å². The van der Waals surface area contributed by atoms with E-state index in [0.29, 0.717) is 6.54 Å². The third kappa shape index (κ3) is 10.8. The molecule has 29 heavy (non-hydrogen) atoms. The van der Waals surface area contributed by atoms with E-state index < -0.39 is 23.9 Å². The van der Waals surface area contributed by atoms with Gasteiger partial charge in [0.05, 0.1) is 27.4 Å². The Bertz CT molecular complexity index is 615. The lowest BCUT2D eigenvalue weighted by Gasteiger charge is -2.31. The van der Waals surface area contributed by atoms with Crippen LogP contribution >= 0.6 is 0 Å². The van der Waals surface area contributed by atoms with E-state index in [-0.39, 0.29) is 19.1 Å². The number of carbonyl (C=O) groups is 4. The van der Waals surface area contributed by atoms with Crippen molar-refractivity contribution in [2.45, 2.75) is 12.8 Å². The molecule has 0 atom stereocenters. The number of likely N-dealkylation sites (tertiary alicyclic amines) is 1. The van der Waals surface area contributed by atoms with Crippen LogP contribution in [-0.4, -0.2) is 75.8 Å². The van der Waals surface area contributed by atoms with Crippen molar-refractivity contribution in [1.29, 1.82) is 0 Å². The number of nitrogens with zero attached hydrogens (tertiary/aromatic N) is 1. The summed E-state index contributed by atoms with van der Waals surface area (Å²) in [6.45, 7) is 6.16. The molecule has 0 spiro atoms. The average molecular weight is 409 g/mol. The van der Waals surface area contributed by atoms with Crippen LogP contribution in [0.2, 0.25) is 0 Å². The molecule has 1 heterocycles. The molecule has 0 unspecified atom stereocenters. The molecule has 1 rings (SSSR count). The number of methoxy groups -OCH3 is 2. The molecule has 160 valence electrons. The summed E-state index contributed by atoms with van der Waals surface area (Å²) in [6, 6.07) is 0. The second kappa shape index (κ2) is 13.3. The zero-order valence-electron chi connectivity index (χ0n) is 16.8. The smallest absolute Gasteiger partial charge is 0.331 e. The first-order chi connectivity index (χ1) is 13.8. The Hall–Kier alpha value is -2.94. The van der Waals surface area contributed by atoms with Gasteiger partial charge in [0.15, 0.2) is 0 Å². The topological polar surface area (TPSA) is 108 Å². The molecule has 0 bridgehead atoms.